The van der Waals surface area contributed by atoms with Gasteiger partial charge in [0.2, 0.25) is 0 Å². The molecule has 1 amide bonds. The van der Waals surface area contributed by atoms with Gasteiger partial charge in [0, 0.05) is 6.21 Å². The first kappa shape index (κ1) is 13.6. The van der Waals surface area contributed by atoms with Crippen LogP contribution in [0.15, 0.2) is 29.4 Å². The zero-order valence-electron chi connectivity index (χ0n) is 11.3. The fourth-order valence-corrected chi connectivity index (χ4v) is 2.38. The van der Waals surface area contributed by atoms with Crippen molar-refractivity contribution >= 4 is 12.1 Å². The third-order valence-corrected chi connectivity index (χ3v) is 3.45. The zero-order chi connectivity index (χ0) is 13.5. The second-order valence-electron chi connectivity index (χ2n) is 4.82. The molecule has 1 saturated carbocycles. The summed E-state index contributed by atoms with van der Waals surface area (Å²) in [5, 5.41) is 4.07. The summed E-state index contributed by atoms with van der Waals surface area (Å²) in [5.41, 5.74) is 3.08. The molecule has 0 radical (unpaired) electrons. The summed E-state index contributed by atoms with van der Waals surface area (Å²) in [6, 6.07) is 7.13. The highest BCUT2D eigenvalue weighted by Gasteiger charge is 2.12. The average molecular weight is 260 g/mol. The molecule has 102 valence electrons. The lowest BCUT2D eigenvalue weighted by atomic mass is 9.90. The number of carbonyl (C=O) groups excluding carboxylic acids is 1. The van der Waals surface area contributed by atoms with Gasteiger partial charge in [-0.1, -0.05) is 31.4 Å². The number of ether oxygens (including phenoxy) is 1. The molecule has 0 heterocycles. The SMILES string of the molecule is COc1ccccc1C(=O)N/N=C\C1CCCCC1. The maximum Gasteiger partial charge on any atom is 0.275 e. The van der Waals surface area contributed by atoms with Gasteiger partial charge in [-0.15, -0.1) is 0 Å². The van der Waals surface area contributed by atoms with Gasteiger partial charge in [0.25, 0.3) is 5.91 Å². The van der Waals surface area contributed by atoms with Crippen LogP contribution < -0.4 is 10.2 Å². The highest BCUT2D eigenvalue weighted by molar-refractivity contribution is 5.97. The Morgan fingerprint density at radius 2 is 2.05 bits per heavy atom. The number of rotatable bonds is 4. The fourth-order valence-electron chi connectivity index (χ4n) is 2.38. The first-order chi connectivity index (χ1) is 9.31. The summed E-state index contributed by atoms with van der Waals surface area (Å²) in [5.74, 6) is 0.837. The van der Waals surface area contributed by atoms with E-state index in [2.05, 4.69) is 10.5 Å². The van der Waals surface area contributed by atoms with Crippen molar-refractivity contribution in [1.29, 1.82) is 0 Å². The van der Waals surface area contributed by atoms with Gasteiger partial charge in [-0.25, -0.2) is 5.43 Å². The van der Waals surface area contributed by atoms with E-state index in [1.54, 1.807) is 19.2 Å². The molecule has 1 fully saturated rings. The fraction of sp³-hybridized carbons (Fsp3) is 0.467. The van der Waals surface area contributed by atoms with Gasteiger partial charge in [0.05, 0.1) is 12.7 Å². The van der Waals surface area contributed by atoms with Crippen LogP contribution in [0.25, 0.3) is 0 Å². The Morgan fingerprint density at radius 3 is 2.79 bits per heavy atom. The zero-order valence-corrected chi connectivity index (χ0v) is 11.3. The Kier molecular flexibility index (Phi) is 4.95. The molecule has 0 unspecified atom stereocenters. The number of nitrogens with zero attached hydrogens (tertiary/aromatic N) is 1. The van der Waals surface area contributed by atoms with Crippen LogP contribution in [0.2, 0.25) is 0 Å². The van der Waals surface area contributed by atoms with Gasteiger partial charge >= 0.3 is 0 Å². The summed E-state index contributed by atoms with van der Waals surface area (Å²) in [4.78, 5) is 12.0. The molecule has 4 nitrogen and oxygen atoms in total. The molecular weight excluding hydrogens is 240 g/mol. The molecule has 1 aromatic carbocycles. The smallest absolute Gasteiger partial charge is 0.275 e. The Balaban J connectivity index is 1.91. The Labute approximate surface area is 113 Å². The van der Waals surface area contributed by atoms with Crippen LogP contribution in [0.5, 0.6) is 5.75 Å². The van der Waals surface area contributed by atoms with Crippen LogP contribution in [0.4, 0.5) is 0 Å². The van der Waals surface area contributed by atoms with Crippen LogP contribution in [0.3, 0.4) is 0 Å². The lowest BCUT2D eigenvalue weighted by Crippen LogP contribution is -2.19. The first-order valence-corrected chi connectivity index (χ1v) is 6.78. The van der Waals surface area contributed by atoms with Crippen molar-refractivity contribution in [2.24, 2.45) is 11.0 Å². The number of hydrazone groups is 1. The summed E-state index contributed by atoms with van der Waals surface area (Å²) >= 11 is 0. The number of para-hydroxylation sites is 1. The molecule has 0 spiro atoms. The molecule has 0 atom stereocenters. The number of benzene rings is 1. The van der Waals surface area contributed by atoms with E-state index in [9.17, 15) is 4.79 Å². The molecule has 0 aliphatic heterocycles. The molecule has 0 saturated heterocycles. The third kappa shape index (κ3) is 3.81. The number of amides is 1. The molecule has 0 aromatic heterocycles. The largest absolute Gasteiger partial charge is 0.496 e. The van der Waals surface area contributed by atoms with E-state index in [1.165, 1.54) is 32.1 Å². The van der Waals surface area contributed by atoms with Crippen molar-refractivity contribution in [2.75, 3.05) is 7.11 Å². The summed E-state index contributed by atoms with van der Waals surface area (Å²) in [7, 11) is 1.55. The van der Waals surface area contributed by atoms with E-state index in [4.69, 9.17) is 4.74 Å². The first-order valence-electron chi connectivity index (χ1n) is 6.78. The lowest BCUT2D eigenvalue weighted by molar-refractivity contribution is 0.0952. The molecule has 1 aromatic rings. The maximum absolute atomic E-state index is 12.0. The molecule has 2 rings (SSSR count). The van der Waals surface area contributed by atoms with Crippen LogP contribution in [-0.2, 0) is 0 Å². The monoisotopic (exact) mass is 260 g/mol. The van der Waals surface area contributed by atoms with E-state index in [0.29, 0.717) is 17.2 Å². The molecule has 0 bridgehead atoms. The van der Waals surface area contributed by atoms with Gasteiger partial charge in [-0.2, -0.15) is 5.10 Å². The number of hydrogen-bond acceptors (Lipinski definition) is 3. The minimum atomic E-state index is -0.232. The highest BCUT2D eigenvalue weighted by Crippen LogP contribution is 2.21. The van der Waals surface area contributed by atoms with Crippen molar-refractivity contribution in [3.05, 3.63) is 29.8 Å². The lowest BCUT2D eigenvalue weighted by Gasteiger charge is -2.16. The van der Waals surface area contributed by atoms with Crippen molar-refractivity contribution in [1.82, 2.24) is 5.43 Å². The molecule has 1 aliphatic carbocycles. The van der Waals surface area contributed by atoms with Crippen LogP contribution in [0.1, 0.15) is 42.5 Å². The van der Waals surface area contributed by atoms with Crippen molar-refractivity contribution in [3.63, 3.8) is 0 Å². The Bertz CT molecular complexity index is 451. The maximum atomic E-state index is 12.0. The second kappa shape index (κ2) is 6.92. The van der Waals surface area contributed by atoms with Crippen molar-refractivity contribution in [2.45, 2.75) is 32.1 Å². The minimum absolute atomic E-state index is 0.232. The number of methoxy groups -OCH3 is 1. The van der Waals surface area contributed by atoms with Gasteiger partial charge in [-0.05, 0) is 30.9 Å². The third-order valence-electron chi connectivity index (χ3n) is 3.45. The Morgan fingerprint density at radius 1 is 1.32 bits per heavy atom. The quantitative estimate of drug-likeness (QED) is 0.668. The van der Waals surface area contributed by atoms with E-state index < -0.39 is 0 Å². The Hall–Kier alpha value is -1.84. The summed E-state index contributed by atoms with van der Waals surface area (Å²) in [6.45, 7) is 0. The van der Waals surface area contributed by atoms with Crippen LogP contribution in [0, 0.1) is 5.92 Å². The number of nitrogens with one attached hydrogen (secondary N) is 1. The second-order valence-corrected chi connectivity index (χ2v) is 4.82. The van der Waals surface area contributed by atoms with E-state index >= 15 is 0 Å². The predicted molar refractivity (Wildman–Crippen MR) is 75.5 cm³/mol. The minimum Gasteiger partial charge on any atom is -0.496 e. The van der Waals surface area contributed by atoms with Crippen LogP contribution >= 0.6 is 0 Å². The predicted octanol–water partition coefficient (Wildman–Crippen LogP) is 2.99. The van der Waals surface area contributed by atoms with Crippen LogP contribution in [-0.4, -0.2) is 19.2 Å². The standard InChI is InChI=1S/C15H20N2O2/c1-19-14-10-6-5-9-13(14)15(18)17-16-11-12-7-3-2-4-8-12/h5-6,9-12H,2-4,7-8H2,1H3,(H,17,18)/b16-11-. The summed E-state index contributed by atoms with van der Waals surface area (Å²) < 4.78 is 5.15. The molecular formula is C15H20N2O2. The van der Waals surface area contributed by atoms with Gasteiger partial charge in [-0.3, -0.25) is 4.79 Å². The number of hydrogen-bond donors (Lipinski definition) is 1. The highest BCUT2D eigenvalue weighted by atomic mass is 16.5. The van der Waals surface area contributed by atoms with E-state index in [1.807, 2.05) is 18.3 Å². The van der Waals surface area contributed by atoms with Gasteiger partial charge < -0.3 is 4.74 Å². The molecule has 1 aliphatic rings. The molecule has 1 N–H and O–H groups in total. The van der Waals surface area contributed by atoms with E-state index in [0.717, 1.165) is 0 Å². The van der Waals surface area contributed by atoms with E-state index in [-0.39, 0.29) is 5.91 Å². The van der Waals surface area contributed by atoms with Gasteiger partial charge in [0.1, 0.15) is 5.75 Å². The number of carbonyl (C=O) groups is 1. The van der Waals surface area contributed by atoms with Crippen molar-refractivity contribution in [3.8, 4) is 5.75 Å². The average Bonchev–Trinajstić information content (AvgIpc) is 2.48. The topological polar surface area (TPSA) is 50.7 Å². The van der Waals surface area contributed by atoms with Crippen molar-refractivity contribution < 1.29 is 9.53 Å². The normalized spacial score (nSPS) is 16.5. The molecule has 19 heavy (non-hydrogen) atoms. The summed E-state index contributed by atoms with van der Waals surface area (Å²) in [6.07, 6.45) is 8.06. The molecule has 4 heteroatoms. The van der Waals surface area contributed by atoms with Gasteiger partial charge in [0.15, 0.2) is 0 Å².